The molecule has 0 aliphatic carbocycles. The molecule has 0 saturated carbocycles. The van der Waals surface area contributed by atoms with Crippen LogP contribution in [0.25, 0.3) is 22.3 Å². The van der Waals surface area contributed by atoms with Crippen LogP contribution < -0.4 is 25.9 Å². The molecule has 5 heteroatoms. The monoisotopic (exact) mass is 424 g/mol. The number of hydrogen-bond donors (Lipinski definition) is 0. The van der Waals surface area contributed by atoms with E-state index < -0.39 is 0 Å². The van der Waals surface area contributed by atoms with E-state index in [2.05, 4.69) is 58.5 Å². The Kier molecular flexibility index (Phi) is 3.90. The number of pyridine rings is 2. The summed E-state index contributed by atoms with van der Waals surface area (Å²) in [5, 5.41) is 0. The van der Waals surface area contributed by atoms with Crippen LogP contribution >= 0.6 is 0 Å². The lowest BCUT2D eigenvalue weighted by Crippen LogP contribution is -2.57. The first kappa shape index (κ1) is 18.2. The zero-order valence-electron chi connectivity index (χ0n) is 17.6. The number of hydrogen-bond acceptors (Lipinski definition) is 4. The van der Waals surface area contributed by atoms with Gasteiger partial charge in [0, 0.05) is 30.3 Å². The standard InChI is InChI=1S/C28H17BN2O2/c1-6-26-28-27(7-1)33-25-11-9-19(21-5-3-13-31-17-21)15-23(25)29(28)22-14-18(8-10-24(22)32-26)20-4-2-12-30-16-20/h1-17H. The lowest BCUT2D eigenvalue weighted by atomic mass is 9.34. The van der Waals surface area contributed by atoms with Gasteiger partial charge in [-0.3, -0.25) is 9.97 Å². The van der Waals surface area contributed by atoms with Gasteiger partial charge in [-0.25, -0.2) is 0 Å². The van der Waals surface area contributed by atoms with Crippen LogP contribution in [0.4, 0.5) is 0 Å². The van der Waals surface area contributed by atoms with E-state index in [0.717, 1.165) is 61.6 Å². The first-order valence-corrected chi connectivity index (χ1v) is 10.9. The van der Waals surface area contributed by atoms with Crippen LogP contribution in [0.1, 0.15) is 0 Å². The molecule has 4 nitrogen and oxygen atoms in total. The second-order valence-electron chi connectivity index (χ2n) is 8.29. The third kappa shape index (κ3) is 2.86. The molecule has 0 spiro atoms. The highest BCUT2D eigenvalue weighted by atomic mass is 16.5. The van der Waals surface area contributed by atoms with Crippen LogP contribution in [0.5, 0.6) is 23.0 Å². The summed E-state index contributed by atoms with van der Waals surface area (Å²) in [7, 11) is 0. The Labute approximate surface area is 191 Å². The lowest BCUT2D eigenvalue weighted by molar-refractivity contribution is 0.464. The molecular formula is C28H17BN2O2. The van der Waals surface area contributed by atoms with E-state index in [-0.39, 0.29) is 6.71 Å². The van der Waals surface area contributed by atoms with Gasteiger partial charge in [-0.05, 0) is 69.6 Å². The maximum atomic E-state index is 6.34. The third-order valence-corrected chi connectivity index (χ3v) is 6.39. The van der Waals surface area contributed by atoms with Crippen molar-refractivity contribution in [2.24, 2.45) is 0 Å². The van der Waals surface area contributed by atoms with Crippen LogP contribution in [0.15, 0.2) is 104 Å². The van der Waals surface area contributed by atoms with Crippen molar-refractivity contribution in [2.45, 2.75) is 0 Å². The molecule has 7 rings (SSSR count). The second-order valence-corrected chi connectivity index (χ2v) is 8.29. The molecule has 0 unspecified atom stereocenters. The summed E-state index contributed by atoms with van der Waals surface area (Å²) in [5.41, 5.74) is 7.72. The van der Waals surface area contributed by atoms with Gasteiger partial charge >= 0.3 is 0 Å². The van der Waals surface area contributed by atoms with Gasteiger partial charge in [0.05, 0.1) is 0 Å². The molecule has 0 atom stereocenters. The molecule has 4 heterocycles. The van der Waals surface area contributed by atoms with Crippen molar-refractivity contribution in [1.29, 1.82) is 0 Å². The molecule has 0 fully saturated rings. The van der Waals surface area contributed by atoms with Crippen molar-refractivity contribution in [2.75, 3.05) is 0 Å². The van der Waals surface area contributed by atoms with Gasteiger partial charge in [0.15, 0.2) is 0 Å². The van der Waals surface area contributed by atoms with E-state index in [4.69, 9.17) is 9.47 Å². The Balaban J connectivity index is 1.46. The Morgan fingerprint density at radius 3 is 1.55 bits per heavy atom. The predicted octanol–water partition coefficient (Wildman–Crippen LogP) is 4.54. The predicted molar refractivity (Wildman–Crippen MR) is 131 cm³/mol. The third-order valence-electron chi connectivity index (χ3n) is 6.39. The maximum Gasteiger partial charge on any atom is 0.260 e. The van der Waals surface area contributed by atoms with Crippen molar-refractivity contribution in [3.05, 3.63) is 104 Å². The highest BCUT2D eigenvalue weighted by Gasteiger charge is 2.40. The summed E-state index contributed by atoms with van der Waals surface area (Å²) in [5.74, 6) is 3.43. The molecule has 154 valence electrons. The van der Waals surface area contributed by atoms with Gasteiger partial charge in [-0.2, -0.15) is 0 Å². The summed E-state index contributed by atoms with van der Waals surface area (Å²) >= 11 is 0. The van der Waals surface area contributed by atoms with Gasteiger partial charge in [0.2, 0.25) is 0 Å². The highest BCUT2D eigenvalue weighted by Crippen LogP contribution is 2.36. The van der Waals surface area contributed by atoms with E-state index in [1.54, 1.807) is 12.4 Å². The fraction of sp³-hybridized carbons (Fsp3) is 0. The first-order valence-electron chi connectivity index (χ1n) is 10.9. The Hall–Kier alpha value is -4.38. The Morgan fingerprint density at radius 1 is 0.515 bits per heavy atom. The van der Waals surface area contributed by atoms with Crippen molar-refractivity contribution in [3.8, 4) is 45.3 Å². The Morgan fingerprint density at radius 2 is 1.06 bits per heavy atom. The maximum absolute atomic E-state index is 6.34. The van der Waals surface area contributed by atoms with Crippen molar-refractivity contribution >= 4 is 23.1 Å². The van der Waals surface area contributed by atoms with Gasteiger partial charge in [0.25, 0.3) is 6.71 Å². The molecule has 3 aromatic carbocycles. The Bertz CT molecular complexity index is 1410. The molecule has 0 radical (unpaired) electrons. The first-order chi connectivity index (χ1) is 16.3. The van der Waals surface area contributed by atoms with Gasteiger partial charge in [0.1, 0.15) is 23.0 Å². The quantitative estimate of drug-likeness (QED) is 0.383. The normalized spacial score (nSPS) is 12.7. The summed E-state index contributed by atoms with van der Waals surface area (Å²) in [4.78, 5) is 8.60. The number of nitrogens with zero attached hydrogens (tertiary/aromatic N) is 2. The molecule has 0 amide bonds. The molecule has 33 heavy (non-hydrogen) atoms. The molecule has 0 saturated heterocycles. The van der Waals surface area contributed by atoms with E-state index >= 15 is 0 Å². The molecule has 2 aliphatic heterocycles. The largest absolute Gasteiger partial charge is 0.458 e. The zero-order chi connectivity index (χ0) is 21.8. The van der Waals surface area contributed by atoms with Crippen LogP contribution in [0.3, 0.4) is 0 Å². The van der Waals surface area contributed by atoms with Crippen LogP contribution in [0.2, 0.25) is 0 Å². The topological polar surface area (TPSA) is 44.2 Å². The molecular weight excluding hydrogens is 407 g/mol. The zero-order valence-corrected chi connectivity index (χ0v) is 17.6. The number of aromatic nitrogens is 2. The average Bonchev–Trinajstić information content (AvgIpc) is 2.89. The summed E-state index contributed by atoms with van der Waals surface area (Å²) in [6.07, 6.45) is 7.37. The summed E-state index contributed by atoms with van der Waals surface area (Å²) < 4.78 is 12.7. The lowest BCUT2D eigenvalue weighted by Gasteiger charge is -2.33. The molecule has 2 aromatic heterocycles. The number of benzene rings is 3. The number of fused-ring (bicyclic) bond motifs is 4. The summed E-state index contributed by atoms with van der Waals surface area (Å²) in [6, 6.07) is 26.9. The SMILES string of the molecule is c1cncc(-c2ccc3c(c2)B2c4cc(-c5cccnc5)ccc4Oc4cccc(c42)O3)c1. The molecule has 0 N–H and O–H groups in total. The molecule has 2 aliphatic rings. The highest BCUT2D eigenvalue weighted by molar-refractivity contribution is 6.98. The molecule has 0 bridgehead atoms. The fourth-order valence-electron chi connectivity index (χ4n) is 4.86. The van der Waals surface area contributed by atoms with E-state index in [1.807, 2.05) is 42.7 Å². The van der Waals surface area contributed by atoms with E-state index in [9.17, 15) is 0 Å². The van der Waals surface area contributed by atoms with E-state index in [1.165, 1.54) is 0 Å². The second kappa shape index (κ2) is 7.07. The number of rotatable bonds is 2. The van der Waals surface area contributed by atoms with Crippen molar-refractivity contribution < 1.29 is 9.47 Å². The fourth-order valence-corrected chi connectivity index (χ4v) is 4.86. The van der Waals surface area contributed by atoms with Gasteiger partial charge in [-0.1, -0.05) is 42.5 Å². The van der Waals surface area contributed by atoms with E-state index in [0.29, 0.717) is 0 Å². The number of ether oxygens (including phenoxy) is 2. The average molecular weight is 424 g/mol. The minimum absolute atomic E-state index is 0.0111. The minimum atomic E-state index is 0.0111. The summed E-state index contributed by atoms with van der Waals surface area (Å²) in [6.45, 7) is 0.0111. The minimum Gasteiger partial charge on any atom is -0.458 e. The smallest absolute Gasteiger partial charge is 0.260 e. The molecule has 5 aromatic rings. The van der Waals surface area contributed by atoms with Gasteiger partial charge < -0.3 is 9.47 Å². The van der Waals surface area contributed by atoms with Crippen molar-refractivity contribution in [1.82, 2.24) is 9.97 Å². The van der Waals surface area contributed by atoms with Crippen LogP contribution in [-0.2, 0) is 0 Å². The van der Waals surface area contributed by atoms with Crippen molar-refractivity contribution in [3.63, 3.8) is 0 Å². The van der Waals surface area contributed by atoms with Gasteiger partial charge in [-0.15, -0.1) is 0 Å². The van der Waals surface area contributed by atoms with Crippen LogP contribution in [-0.4, -0.2) is 16.7 Å². The van der Waals surface area contributed by atoms with Crippen LogP contribution in [0, 0.1) is 0 Å².